The topological polar surface area (TPSA) is 58.6 Å². The zero-order valence-electron chi connectivity index (χ0n) is 10.1. The van der Waals surface area contributed by atoms with Gasteiger partial charge in [-0.3, -0.25) is 0 Å². The number of carboxylic acid groups (broad SMARTS) is 1. The third-order valence-electron chi connectivity index (χ3n) is 3.33. The molecule has 1 aliphatic rings. The van der Waals surface area contributed by atoms with E-state index in [0.29, 0.717) is 13.2 Å². The third-order valence-corrected chi connectivity index (χ3v) is 3.33. The lowest BCUT2D eigenvalue weighted by Gasteiger charge is -2.28. The summed E-state index contributed by atoms with van der Waals surface area (Å²) in [7, 11) is 0. The number of nitrogens with one attached hydrogen (secondary N) is 1. The van der Waals surface area contributed by atoms with Gasteiger partial charge in [0.2, 0.25) is 0 Å². The van der Waals surface area contributed by atoms with Gasteiger partial charge in [-0.05, 0) is 19.3 Å². The first kappa shape index (κ1) is 13.3. The van der Waals surface area contributed by atoms with Gasteiger partial charge in [-0.2, -0.15) is 0 Å². The van der Waals surface area contributed by atoms with Gasteiger partial charge in [-0.1, -0.05) is 26.2 Å². The molecule has 94 valence electrons. The molecular formula is C12H23NO3. The van der Waals surface area contributed by atoms with Crippen LogP contribution in [0.1, 0.15) is 45.4 Å². The van der Waals surface area contributed by atoms with E-state index in [1.807, 2.05) is 0 Å². The van der Waals surface area contributed by atoms with Gasteiger partial charge < -0.3 is 15.2 Å². The molecule has 0 aliphatic heterocycles. The average molecular weight is 229 g/mol. The van der Waals surface area contributed by atoms with Gasteiger partial charge in [-0.15, -0.1) is 0 Å². The highest BCUT2D eigenvalue weighted by atomic mass is 16.5. The number of rotatable bonds is 7. The maximum absolute atomic E-state index is 10.5. The molecule has 16 heavy (non-hydrogen) atoms. The Morgan fingerprint density at radius 2 is 2.12 bits per heavy atom. The van der Waals surface area contributed by atoms with Crippen molar-refractivity contribution in [1.29, 1.82) is 0 Å². The predicted molar refractivity (Wildman–Crippen MR) is 62.7 cm³/mol. The minimum Gasteiger partial charge on any atom is -0.465 e. The van der Waals surface area contributed by atoms with Crippen LogP contribution in [0, 0.1) is 5.41 Å². The van der Waals surface area contributed by atoms with E-state index in [9.17, 15) is 4.79 Å². The summed E-state index contributed by atoms with van der Waals surface area (Å²) in [6.45, 7) is 4.17. The molecule has 0 unspecified atom stereocenters. The van der Waals surface area contributed by atoms with Crippen molar-refractivity contribution >= 4 is 6.09 Å². The molecule has 0 spiro atoms. The van der Waals surface area contributed by atoms with Gasteiger partial charge in [-0.25, -0.2) is 4.79 Å². The van der Waals surface area contributed by atoms with Crippen molar-refractivity contribution in [3.05, 3.63) is 0 Å². The van der Waals surface area contributed by atoms with Crippen molar-refractivity contribution in [3.63, 3.8) is 0 Å². The molecule has 0 aromatic heterocycles. The molecule has 0 saturated heterocycles. The Morgan fingerprint density at radius 1 is 1.44 bits per heavy atom. The van der Waals surface area contributed by atoms with Gasteiger partial charge in [0.05, 0.1) is 6.61 Å². The predicted octanol–water partition coefficient (Wildman–Crippen LogP) is 2.63. The molecule has 4 heteroatoms. The van der Waals surface area contributed by atoms with Crippen LogP contribution in [-0.2, 0) is 4.74 Å². The van der Waals surface area contributed by atoms with Gasteiger partial charge in [0.15, 0.2) is 0 Å². The van der Waals surface area contributed by atoms with Crippen LogP contribution in [0.4, 0.5) is 4.79 Å². The number of hydrogen-bond donors (Lipinski definition) is 2. The highest BCUT2D eigenvalue weighted by Crippen LogP contribution is 2.37. The number of ether oxygens (including phenoxy) is 1. The number of unbranched alkanes of at least 4 members (excludes halogenated alkanes) is 1. The molecule has 1 fully saturated rings. The molecule has 0 atom stereocenters. The van der Waals surface area contributed by atoms with Crippen LogP contribution in [0.15, 0.2) is 0 Å². The highest BCUT2D eigenvalue weighted by Gasteiger charge is 2.34. The maximum Gasteiger partial charge on any atom is 0.404 e. The molecule has 0 radical (unpaired) electrons. The van der Waals surface area contributed by atoms with Crippen LogP contribution < -0.4 is 5.32 Å². The normalized spacial score (nSPS) is 18.6. The number of hydrogen-bond acceptors (Lipinski definition) is 2. The molecule has 1 rings (SSSR count). The third kappa shape index (κ3) is 4.39. The Labute approximate surface area is 97.4 Å². The Balaban J connectivity index is 2.30. The summed E-state index contributed by atoms with van der Waals surface area (Å²) >= 11 is 0. The summed E-state index contributed by atoms with van der Waals surface area (Å²) in [6, 6.07) is 0. The second kappa shape index (κ2) is 6.74. The summed E-state index contributed by atoms with van der Waals surface area (Å²) in [5.74, 6) is 0. The van der Waals surface area contributed by atoms with Gasteiger partial charge in [0.25, 0.3) is 0 Å². The van der Waals surface area contributed by atoms with Crippen LogP contribution in [0.2, 0.25) is 0 Å². The number of amides is 1. The summed E-state index contributed by atoms with van der Waals surface area (Å²) in [4.78, 5) is 10.5. The maximum atomic E-state index is 10.5. The van der Waals surface area contributed by atoms with Crippen LogP contribution in [0.3, 0.4) is 0 Å². The van der Waals surface area contributed by atoms with Crippen molar-refractivity contribution < 1.29 is 14.6 Å². The summed E-state index contributed by atoms with van der Waals surface area (Å²) in [6.07, 6.45) is 5.85. The minimum absolute atomic E-state index is 0.0616. The largest absolute Gasteiger partial charge is 0.465 e. The molecule has 0 heterocycles. The van der Waals surface area contributed by atoms with Gasteiger partial charge in [0, 0.05) is 18.6 Å². The second-order valence-electron chi connectivity index (χ2n) is 4.77. The fraction of sp³-hybridized carbons (Fsp3) is 0.917. The van der Waals surface area contributed by atoms with Crippen molar-refractivity contribution in [2.24, 2.45) is 5.41 Å². The zero-order valence-corrected chi connectivity index (χ0v) is 10.1. The first-order valence-electron chi connectivity index (χ1n) is 6.23. The van der Waals surface area contributed by atoms with E-state index in [4.69, 9.17) is 9.84 Å². The Hall–Kier alpha value is -0.770. The fourth-order valence-electron chi connectivity index (χ4n) is 2.30. The van der Waals surface area contributed by atoms with E-state index in [2.05, 4.69) is 12.2 Å². The molecule has 1 saturated carbocycles. The van der Waals surface area contributed by atoms with E-state index in [0.717, 1.165) is 32.3 Å². The van der Waals surface area contributed by atoms with E-state index < -0.39 is 6.09 Å². The molecular weight excluding hydrogens is 206 g/mol. The molecule has 0 aromatic rings. The van der Waals surface area contributed by atoms with Crippen molar-refractivity contribution in [1.82, 2.24) is 5.32 Å². The SMILES string of the molecule is CCCCOCC1(CNC(=O)O)CCCC1. The van der Waals surface area contributed by atoms with Crippen LogP contribution in [-0.4, -0.2) is 31.0 Å². The fourth-order valence-corrected chi connectivity index (χ4v) is 2.30. The molecule has 0 aromatic carbocycles. The van der Waals surface area contributed by atoms with Crippen molar-refractivity contribution in [3.8, 4) is 0 Å². The Bertz CT molecular complexity index is 212. The van der Waals surface area contributed by atoms with Crippen LogP contribution in [0.5, 0.6) is 0 Å². The number of carbonyl (C=O) groups is 1. The van der Waals surface area contributed by atoms with Crippen molar-refractivity contribution in [2.75, 3.05) is 19.8 Å². The van der Waals surface area contributed by atoms with Crippen LogP contribution in [0.25, 0.3) is 0 Å². The van der Waals surface area contributed by atoms with E-state index in [1.165, 1.54) is 12.8 Å². The van der Waals surface area contributed by atoms with Crippen molar-refractivity contribution in [2.45, 2.75) is 45.4 Å². The zero-order chi connectivity index (χ0) is 11.9. The van der Waals surface area contributed by atoms with E-state index in [1.54, 1.807) is 0 Å². The Morgan fingerprint density at radius 3 is 2.69 bits per heavy atom. The lowest BCUT2D eigenvalue weighted by Crippen LogP contribution is -2.38. The molecule has 0 bridgehead atoms. The Kier molecular flexibility index (Phi) is 5.60. The summed E-state index contributed by atoms with van der Waals surface area (Å²) in [5, 5.41) is 11.2. The summed E-state index contributed by atoms with van der Waals surface area (Å²) in [5.41, 5.74) is 0.0616. The van der Waals surface area contributed by atoms with Gasteiger partial charge >= 0.3 is 6.09 Å². The highest BCUT2D eigenvalue weighted by molar-refractivity contribution is 5.64. The molecule has 1 aliphatic carbocycles. The van der Waals surface area contributed by atoms with E-state index in [-0.39, 0.29) is 5.41 Å². The minimum atomic E-state index is -0.931. The molecule has 1 amide bonds. The van der Waals surface area contributed by atoms with Crippen LogP contribution >= 0.6 is 0 Å². The molecule has 4 nitrogen and oxygen atoms in total. The lowest BCUT2D eigenvalue weighted by atomic mass is 9.87. The first-order chi connectivity index (χ1) is 7.68. The first-order valence-corrected chi connectivity index (χ1v) is 6.23. The lowest BCUT2D eigenvalue weighted by molar-refractivity contribution is 0.0448. The summed E-state index contributed by atoms with van der Waals surface area (Å²) < 4.78 is 5.66. The average Bonchev–Trinajstić information content (AvgIpc) is 2.71. The monoisotopic (exact) mass is 229 g/mol. The molecule has 2 N–H and O–H groups in total. The second-order valence-corrected chi connectivity index (χ2v) is 4.77. The van der Waals surface area contributed by atoms with Gasteiger partial charge in [0.1, 0.15) is 0 Å². The van der Waals surface area contributed by atoms with E-state index >= 15 is 0 Å². The smallest absolute Gasteiger partial charge is 0.404 e. The quantitative estimate of drug-likeness (QED) is 0.660. The standard InChI is InChI=1S/C12H23NO3/c1-2-3-8-16-10-12(6-4-5-7-12)9-13-11(14)15/h13H,2-10H2,1H3,(H,14,15).